The van der Waals surface area contributed by atoms with E-state index in [1.807, 2.05) is 12.4 Å². The van der Waals surface area contributed by atoms with Crippen molar-refractivity contribution in [2.75, 3.05) is 29.1 Å². The third kappa shape index (κ3) is 3.30. The lowest BCUT2D eigenvalue weighted by molar-refractivity contribution is 0.528. The number of fused-ring (bicyclic) bond motifs is 2. The zero-order valence-corrected chi connectivity index (χ0v) is 18.1. The van der Waals surface area contributed by atoms with E-state index >= 15 is 0 Å². The predicted octanol–water partition coefficient (Wildman–Crippen LogP) is 2.32. The lowest BCUT2D eigenvalue weighted by atomic mass is 9.98. The van der Waals surface area contributed by atoms with Crippen molar-refractivity contribution in [3.63, 3.8) is 0 Å². The third-order valence-corrected chi connectivity index (χ3v) is 7.99. The second kappa shape index (κ2) is 7.23. The molecule has 2 atom stereocenters. The van der Waals surface area contributed by atoms with Gasteiger partial charge >= 0.3 is 0 Å². The number of pyridine rings is 1. The predicted molar refractivity (Wildman–Crippen MR) is 118 cm³/mol. The second-order valence-electron chi connectivity index (χ2n) is 8.41. The lowest BCUT2D eigenvalue weighted by Gasteiger charge is -2.39. The third-order valence-electron chi connectivity index (χ3n) is 6.39. The van der Waals surface area contributed by atoms with Crippen LogP contribution in [0.1, 0.15) is 31.0 Å². The average Bonchev–Trinajstić information content (AvgIpc) is 3.21. The van der Waals surface area contributed by atoms with Crippen LogP contribution in [0.5, 0.6) is 0 Å². The number of aromatic nitrogens is 4. The molecule has 1 N–H and O–H groups in total. The molecule has 1 saturated heterocycles. The van der Waals surface area contributed by atoms with E-state index in [0.29, 0.717) is 19.5 Å². The molecule has 1 fully saturated rings. The van der Waals surface area contributed by atoms with Crippen molar-refractivity contribution in [1.29, 1.82) is 0 Å². The zero-order chi connectivity index (χ0) is 20.9. The molecule has 0 aromatic carbocycles. The first kappa shape index (κ1) is 19.3. The van der Waals surface area contributed by atoms with Crippen LogP contribution in [0.4, 0.5) is 11.5 Å². The Bertz CT molecular complexity index is 1190. The van der Waals surface area contributed by atoms with E-state index < -0.39 is 9.84 Å². The summed E-state index contributed by atoms with van der Waals surface area (Å²) in [6, 6.07) is 4.40. The Labute approximate surface area is 176 Å². The number of piperidine rings is 1. The van der Waals surface area contributed by atoms with Crippen LogP contribution in [0.15, 0.2) is 30.9 Å². The molecule has 30 heavy (non-hydrogen) atoms. The summed E-state index contributed by atoms with van der Waals surface area (Å²) in [5, 5.41) is 0.761. The molecule has 0 spiro atoms. The normalized spacial score (nSPS) is 22.3. The summed E-state index contributed by atoms with van der Waals surface area (Å²) in [5.74, 6) is 0.879. The van der Waals surface area contributed by atoms with E-state index in [1.54, 1.807) is 6.33 Å². The minimum Gasteiger partial charge on any atom is -0.363 e. The Hall–Kier alpha value is -2.68. The number of hydrogen-bond donors (Lipinski definition) is 1. The molecule has 0 saturated carbocycles. The maximum absolute atomic E-state index is 12.2. The Morgan fingerprint density at radius 1 is 1.20 bits per heavy atom. The van der Waals surface area contributed by atoms with Gasteiger partial charge in [-0.05, 0) is 31.9 Å². The van der Waals surface area contributed by atoms with Crippen LogP contribution in [0.25, 0.3) is 11.0 Å². The van der Waals surface area contributed by atoms with E-state index in [2.05, 4.69) is 48.8 Å². The van der Waals surface area contributed by atoms with Gasteiger partial charge in [-0.15, -0.1) is 0 Å². The smallest absolute Gasteiger partial charge is 0.152 e. The number of H-pyrrole nitrogens is 1. The topological polar surface area (TPSA) is 95.1 Å². The Morgan fingerprint density at radius 2 is 2.07 bits per heavy atom. The van der Waals surface area contributed by atoms with Gasteiger partial charge in [0.25, 0.3) is 0 Å². The first-order valence-electron chi connectivity index (χ1n) is 10.4. The lowest BCUT2D eigenvalue weighted by Crippen LogP contribution is -2.44. The summed E-state index contributed by atoms with van der Waals surface area (Å²) in [4.78, 5) is 21.3. The summed E-state index contributed by atoms with van der Waals surface area (Å²) < 4.78 is 24.3. The molecule has 0 amide bonds. The van der Waals surface area contributed by atoms with Gasteiger partial charge in [0, 0.05) is 67.4 Å². The van der Waals surface area contributed by atoms with E-state index in [0.717, 1.165) is 53.2 Å². The SMILES string of the molecule is C[C@@H]1Cc2ncnc(N3CCCC(S(C)(=O)=O)C3)c2CN1c1ccnc2[nH]ccc12. The summed E-state index contributed by atoms with van der Waals surface area (Å²) in [6.07, 6.45) is 9.10. The second-order valence-corrected chi connectivity index (χ2v) is 10.7. The van der Waals surface area contributed by atoms with Gasteiger partial charge in [0.2, 0.25) is 0 Å². The fourth-order valence-electron chi connectivity index (χ4n) is 4.76. The van der Waals surface area contributed by atoms with Crippen molar-refractivity contribution in [2.24, 2.45) is 0 Å². The molecule has 5 rings (SSSR count). The molecule has 158 valence electrons. The summed E-state index contributed by atoms with van der Waals surface area (Å²) >= 11 is 0. The Balaban J connectivity index is 1.52. The maximum atomic E-state index is 12.2. The molecule has 2 aliphatic rings. The van der Waals surface area contributed by atoms with Gasteiger partial charge < -0.3 is 14.8 Å². The molecule has 3 aromatic heterocycles. The molecule has 0 bridgehead atoms. The molecule has 9 heteroatoms. The number of nitrogens with one attached hydrogen (secondary N) is 1. The summed E-state index contributed by atoms with van der Waals surface area (Å²) in [7, 11) is -3.07. The van der Waals surface area contributed by atoms with E-state index in [1.165, 1.54) is 6.26 Å². The van der Waals surface area contributed by atoms with Crippen LogP contribution in [0.3, 0.4) is 0 Å². The van der Waals surface area contributed by atoms with Crippen LogP contribution in [0, 0.1) is 0 Å². The van der Waals surface area contributed by atoms with Gasteiger partial charge in [-0.1, -0.05) is 0 Å². The molecule has 2 aliphatic heterocycles. The van der Waals surface area contributed by atoms with Gasteiger partial charge in [-0.3, -0.25) is 0 Å². The molecule has 3 aromatic rings. The van der Waals surface area contributed by atoms with Crippen LogP contribution >= 0.6 is 0 Å². The van der Waals surface area contributed by atoms with Gasteiger partial charge in [0.05, 0.1) is 10.9 Å². The number of nitrogens with zero attached hydrogens (tertiary/aromatic N) is 5. The average molecular weight is 427 g/mol. The van der Waals surface area contributed by atoms with Crippen LogP contribution < -0.4 is 9.80 Å². The van der Waals surface area contributed by atoms with Crippen molar-refractivity contribution in [3.05, 3.63) is 42.1 Å². The number of sulfone groups is 1. The highest BCUT2D eigenvalue weighted by Gasteiger charge is 2.33. The maximum Gasteiger partial charge on any atom is 0.152 e. The van der Waals surface area contributed by atoms with Crippen molar-refractivity contribution in [3.8, 4) is 0 Å². The molecular formula is C21H26N6O2S. The summed E-state index contributed by atoms with van der Waals surface area (Å²) in [6.45, 7) is 4.22. The summed E-state index contributed by atoms with van der Waals surface area (Å²) in [5.41, 5.74) is 4.18. The number of anilines is 2. The highest BCUT2D eigenvalue weighted by molar-refractivity contribution is 7.91. The van der Waals surface area contributed by atoms with Gasteiger partial charge in [-0.2, -0.15) is 0 Å². The fraction of sp³-hybridized carbons (Fsp3) is 0.476. The molecule has 0 radical (unpaired) electrons. The quantitative estimate of drug-likeness (QED) is 0.687. The van der Waals surface area contributed by atoms with Crippen LogP contribution in [-0.4, -0.2) is 59.0 Å². The number of hydrogen-bond acceptors (Lipinski definition) is 7. The number of aromatic amines is 1. The molecule has 1 unspecified atom stereocenters. The van der Waals surface area contributed by atoms with Crippen molar-refractivity contribution in [1.82, 2.24) is 19.9 Å². The fourth-order valence-corrected chi connectivity index (χ4v) is 5.81. The number of rotatable bonds is 3. The zero-order valence-electron chi connectivity index (χ0n) is 17.2. The minimum absolute atomic E-state index is 0.283. The molecule has 0 aliphatic carbocycles. The first-order chi connectivity index (χ1) is 14.4. The van der Waals surface area contributed by atoms with Crippen LogP contribution in [0.2, 0.25) is 0 Å². The van der Waals surface area contributed by atoms with Crippen molar-refractivity contribution < 1.29 is 8.42 Å². The first-order valence-corrected chi connectivity index (χ1v) is 12.3. The van der Waals surface area contributed by atoms with Crippen LogP contribution in [-0.2, 0) is 22.8 Å². The molecule has 5 heterocycles. The van der Waals surface area contributed by atoms with E-state index in [4.69, 9.17) is 0 Å². The van der Waals surface area contributed by atoms with Gasteiger partial charge in [0.1, 0.15) is 17.8 Å². The van der Waals surface area contributed by atoms with Gasteiger partial charge in [0.15, 0.2) is 9.84 Å². The minimum atomic E-state index is -3.07. The Kier molecular flexibility index (Phi) is 4.65. The van der Waals surface area contributed by atoms with E-state index in [-0.39, 0.29) is 11.3 Å². The van der Waals surface area contributed by atoms with Crippen molar-refractivity contribution >= 4 is 32.4 Å². The standard InChI is InChI=1S/C21H26N6O2S/c1-14-10-18-17(12-27(14)19-6-8-23-20-16(19)5-7-22-20)21(25-13-24-18)26-9-3-4-15(11-26)30(2,28)29/h5-8,13-15H,3-4,9-12H2,1-2H3,(H,22,23)/t14-,15?/m1/s1. The Morgan fingerprint density at radius 3 is 2.90 bits per heavy atom. The van der Waals surface area contributed by atoms with Crippen molar-refractivity contribution in [2.45, 2.75) is 44.0 Å². The van der Waals surface area contributed by atoms with Gasteiger partial charge in [-0.25, -0.2) is 23.4 Å². The largest absolute Gasteiger partial charge is 0.363 e. The highest BCUT2D eigenvalue weighted by Crippen LogP contribution is 2.35. The highest BCUT2D eigenvalue weighted by atomic mass is 32.2. The monoisotopic (exact) mass is 426 g/mol. The molecule has 8 nitrogen and oxygen atoms in total. The van der Waals surface area contributed by atoms with E-state index in [9.17, 15) is 8.42 Å². The molecular weight excluding hydrogens is 400 g/mol.